The van der Waals surface area contributed by atoms with Crippen molar-refractivity contribution in [2.45, 2.75) is 54.1 Å². The van der Waals surface area contributed by atoms with Crippen molar-refractivity contribution in [3.63, 3.8) is 0 Å². The van der Waals surface area contributed by atoms with E-state index in [9.17, 15) is 9.59 Å². The molecule has 0 N–H and O–H groups in total. The van der Waals surface area contributed by atoms with E-state index in [0.717, 1.165) is 17.8 Å². The molecule has 176 valence electrons. The van der Waals surface area contributed by atoms with Gasteiger partial charge in [-0.2, -0.15) is 0 Å². The Morgan fingerprint density at radius 2 is 1.97 bits per heavy atom. The average molecular weight is 455 g/mol. The predicted molar refractivity (Wildman–Crippen MR) is 122 cm³/mol. The van der Waals surface area contributed by atoms with Gasteiger partial charge in [0.2, 0.25) is 11.8 Å². The van der Waals surface area contributed by atoms with Gasteiger partial charge >= 0.3 is 5.97 Å². The summed E-state index contributed by atoms with van der Waals surface area (Å²) in [5.74, 6) is 0.443. The van der Waals surface area contributed by atoms with Crippen molar-refractivity contribution >= 4 is 18.0 Å². The molecule has 0 saturated carbocycles. The van der Waals surface area contributed by atoms with Gasteiger partial charge in [-0.25, -0.2) is 4.79 Å². The minimum atomic E-state index is -0.390. The maximum Gasteiger partial charge on any atom is 0.340 e. The molecular weight excluding hydrogens is 424 g/mol. The first kappa shape index (κ1) is 24.0. The summed E-state index contributed by atoms with van der Waals surface area (Å²) < 4.78 is 18.2. The average Bonchev–Trinajstić information content (AvgIpc) is 3.52. The second-order valence-corrected chi connectivity index (χ2v) is 7.50. The van der Waals surface area contributed by atoms with Crippen molar-refractivity contribution in [1.82, 2.24) is 19.7 Å². The second kappa shape index (κ2) is 10.8. The summed E-state index contributed by atoms with van der Waals surface area (Å²) in [5.41, 5.74) is 2.91. The monoisotopic (exact) mass is 454 g/mol. The minimum Gasteiger partial charge on any atom is -0.462 e. The number of rotatable bonds is 10. The summed E-state index contributed by atoms with van der Waals surface area (Å²) in [7, 11) is 0. The predicted octanol–water partition coefficient (Wildman–Crippen LogP) is 4.40. The molecule has 0 aliphatic carbocycles. The molecular formula is C24H30N4O5. The van der Waals surface area contributed by atoms with Crippen LogP contribution in [-0.2, 0) is 22.6 Å². The molecule has 0 saturated heterocycles. The molecule has 33 heavy (non-hydrogen) atoms. The molecule has 0 aliphatic heterocycles. The molecule has 0 bridgehead atoms. The third kappa shape index (κ3) is 5.24. The van der Waals surface area contributed by atoms with Crippen LogP contribution in [0.4, 0.5) is 0 Å². The number of carbonyl (C=O) groups is 2. The summed E-state index contributed by atoms with van der Waals surface area (Å²) >= 11 is 0. The number of hydrogen-bond donors (Lipinski definition) is 0. The van der Waals surface area contributed by atoms with Crippen LogP contribution < -0.4 is 0 Å². The normalized spacial score (nSPS) is 11.3. The Labute approximate surface area is 193 Å². The van der Waals surface area contributed by atoms with Crippen LogP contribution in [0, 0.1) is 13.8 Å². The molecule has 3 rings (SSSR count). The van der Waals surface area contributed by atoms with E-state index < -0.39 is 0 Å². The first-order valence-electron chi connectivity index (χ1n) is 11.1. The zero-order valence-electron chi connectivity index (χ0n) is 19.8. The summed E-state index contributed by atoms with van der Waals surface area (Å²) in [6.45, 7) is 11.3. The van der Waals surface area contributed by atoms with Gasteiger partial charge in [-0.3, -0.25) is 4.79 Å². The van der Waals surface area contributed by atoms with Gasteiger partial charge in [0.15, 0.2) is 5.76 Å². The lowest BCUT2D eigenvalue weighted by Gasteiger charge is -2.18. The first-order chi connectivity index (χ1) is 15.9. The van der Waals surface area contributed by atoms with Gasteiger partial charge in [0.05, 0.1) is 25.0 Å². The third-order valence-corrected chi connectivity index (χ3v) is 5.35. The minimum absolute atomic E-state index is 0.170. The lowest BCUT2D eigenvalue weighted by atomic mass is 10.1. The molecule has 1 amide bonds. The Hall–Kier alpha value is -3.62. The van der Waals surface area contributed by atoms with E-state index in [4.69, 9.17) is 13.6 Å². The van der Waals surface area contributed by atoms with Crippen molar-refractivity contribution in [2.75, 3.05) is 13.2 Å². The number of furan rings is 1. The van der Waals surface area contributed by atoms with Crippen molar-refractivity contribution in [3.8, 4) is 11.7 Å². The lowest BCUT2D eigenvalue weighted by molar-refractivity contribution is -0.126. The largest absolute Gasteiger partial charge is 0.462 e. The van der Waals surface area contributed by atoms with Crippen molar-refractivity contribution in [3.05, 3.63) is 52.9 Å². The molecule has 0 atom stereocenters. The van der Waals surface area contributed by atoms with E-state index in [1.807, 2.05) is 32.3 Å². The maximum atomic E-state index is 13.0. The van der Waals surface area contributed by atoms with Gasteiger partial charge in [0, 0.05) is 36.1 Å². The smallest absolute Gasteiger partial charge is 0.340 e. The van der Waals surface area contributed by atoms with Gasteiger partial charge < -0.3 is 23.0 Å². The summed E-state index contributed by atoms with van der Waals surface area (Å²) in [6, 6.07) is 3.46. The number of hydrogen-bond acceptors (Lipinski definition) is 7. The Bertz CT molecular complexity index is 1120. The van der Waals surface area contributed by atoms with Crippen LogP contribution in [0.3, 0.4) is 0 Å². The highest BCUT2D eigenvalue weighted by Crippen LogP contribution is 2.25. The van der Waals surface area contributed by atoms with Crippen LogP contribution in [-0.4, -0.2) is 44.7 Å². The maximum absolute atomic E-state index is 13.0. The molecule has 0 spiro atoms. The number of ether oxygens (including phenoxy) is 1. The van der Waals surface area contributed by atoms with Crippen LogP contribution >= 0.6 is 0 Å². The molecule has 0 radical (unpaired) electrons. The van der Waals surface area contributed by atoms with Crippen LogP contribution in [0.1, 0.15) is 60.4 Å². The van der Waals surface area contributed by atoms with Gasteiger partial charge in [0.25, 0.3) is 5.89 Å². The molecule has 9 nitrogen and oxygen atoms in total. The van der Waals surface area contributed by atoms with E-state index in [2.05, 4.69) is 10.2 Å². The molecule has 3 aromatic heterocycles. The fourth-order valence-corrected chi connectivity index (χ4v) is 3.82. The lowest BCUT2D eigenvalue weighted by Crippen LogP contribution is -2.29. The first-order valence-corrected chi connectivity index (χ1v) is 11.1. The van der Waals surface area contributed by atoms with E-state index in [0.29, 0.717) is 35.9 Å². The number of carbonyl (C=O) groups excluding carboxylic acids is 2. The zero-order valence-corrected chi connectivity index (χ0v) is 19.8. The summed E-state index contributed by atoms with van der Waals surface area (Å²) in [5, 5.41) is 8.02. The third-order valence-electron chi connectivity index (χ3n) is 5.35. The van der Waals surface area contributed by atoms with Crippen molar-refractivity contribution < 1.29 is 23.2 Å². The van der Waals surface area contributed by atoms with E-state index in [1.165, 1.54) is 12.3 Å². The Morgan fingerprint density at radius 1 is 1.18 bits per heavy atom. The van der Waals surface area contributed by atoms with E-state index in [-0.39, 0.29) is 30.9 Å². The fourth-order valence-electron chi connectivity index (χ4n) is 3.82. The fraction of sp³-hybridized carbons (Fsp3) is 0.417. The number of nitrogens with zero attached hydrogens (tertiary/aromatic N) is 4. The SMILES string of the molecule is CCCN(Cc1nnc(-c2ccco2)o1)C(=O)/C=C/c1c(C(=O)OCC)c(C)n(CC)c1C. The van der Waals surface area contributed by atoms with Crippen LogP contribution in [0.15, 0.2) is 33.3 Å². The standard InChI is InChI=1S/C24H30N4O5/c1-6-13-27(15-20-25-26-23(33-20)19-10-9-14-32-19)21(29)12-11-18-16(4)28(7-2)17(5)22(18)24(30)31-8-3/h9-12,14H,6-8,13,15H2,1-5H3/b12-11+. The number of esters is 1. The second-order valence-electron chi connectivity index (χ2n) is 7.50. The molecule has 0 aromatic carbocycles. The molecule has 3 heterocycles. The van der Waals surface area contributed by atoms with Crippen LogP contribution in [0.5, 0.6) is 0 Å². The Morgan fingerprint density at radius 3 is 2.61 bits per heavy atom. The van der Waals surface area contributed by atoms with Crippen molar-refractivity contribution in [2.24, 2.45) is 0 Å². The van der Waals surface area contributed by atoms with Gasteiger partial charge in [-0.1, -0.05) is 6.92 Å². The zero-order chi connectivity index (χ0) is 24.0. The van der Waals surface area contributed by atoms with Gasteiger partial charge in [-0.15, -0.1) is 10.2 Å². The van der Waals surface area contributed by atoms with Gasteiger partial charge in [0.1, 0.15) is 0 Å². The van der Waals surface area contributed by atoms with Crippen LogP contribution in [0.2, 0.25) is 0 Å². The highest BCUT2D eigenvalue weighted by atomic mass is 16.5. The van der Waals surface area contributed by atoms with Gasteiger partial charge in [-0.05, 0) is 52.3 Å². The number of aromatic nitrogens is 3. The van der Waals surface area contributed by atoms with Crippen molar-refractivity contribution in [1.29, 1.82) is 0 Å². The Kier molecular flexibility index (Phi) is 7.87. The number of amides is 1. The Balaban J connectivity index is 1.83. The molecule has 9 heteroatoms. The molecule has 0 aliphatic rings. The molecule has 3 aromatic rings. The molecule has 0 fully saturated rings. The summed E-state index contributed by atoms with van der Waals surface area (Å²) in [4.78, 5) is 27.2. The quantitative estimate of drug-likeness (QED) is 0.330. The van der Waals surface area contributed by atoms with Crippen LogP contribution in [0.25, 0.3) is 17.7 Å². The van der Waals surface area contributed by atoms with E-state index >= 15 is 0 Å². The summed E-state index contributed by atoms with van der Waals surface area (Å²) in [6.07, 6.45) is 5.45. The highest BCUT2D eigenvalue weighted by molar-refractivity contribution is 5.98. The van der Waals surface area contributed by atoms with E-state index in [1.54, 1.807) is 30.0 Å². The highest BCUT2D eigenvalue weighted by Gasteiger charge is 2.23. The topological polar surface area (TPSA) is 104 Å². The molecule has 0 unspecified atom stereocenters.